The van der Waals surface area contributed by atoms with Crippen molar-refractivity contribution in [2.24, 2.45) is 0 Å². The second-order valence-corrected chi connectivity index (χ2v) is 6.34. The number of rotatable bonds is 5. The Hall–Kier alpha value is -0.860. The fourth-order valence-corrected chi connectivity index (χ4v) is 1.81. The zero-order chi connectivity index (χ0) is 13.8. The molecule has 2 heteroatoms. The lowest BCUT2D eigenvalue weighted by Gasteiger charge is -2.24. The molecule has 2 nitrogen and oxygen atoms in total. The summed E-state index contributed by atoms with van der Waals surface area (Å²) in [4.78, 5) is 0. The number of benzene rings is 1. The summed E-state index contributed by atoms with van der Waals surface area (Å²) in [7, 11) is 0. The van der Waals surface area contributed by atoms with Crippen molar-refractivity contribution in [1.82, 2.24) is 10.6 Å². The molecule has 102 valence electrons. The summed E-state index contributed by atoms with van der Waals surface area (Å²) in [5.74, 6) is 0. The molecule has 0 fully saturated rings. The van der Waals surface area contributed by atoms with E-state index < -0.39 is 0 Å². The SMILES string of the molecule is Cc1ccc(C)c(CNC(C)CNC(C)(C)C)c1. The summed E-state index contributed by atoms with van der Waals surface area (Å²) in [5.41, 5.74) is 4.29. The van der Waals surface area contributed by atoms with Crippen LogP contribution in [0.4, 0.5) is 0 Å². The predicted molar refractivity (Wildman–Crippen MR) is 80.0 cm³/mol. The maximum atomic E-state index is 3.58. The van der Waals surface area contributed by atoms with Crippen LogP contribution < -0.4 is 10.6 Å². The summed E-state index contributed by atoms with van der Waals surface area (Å²) in [6.07, 6.45) is 0. The van der Waals surface area contributed by atoms with Crippen molar-refractivity contribution in [3.63, 3.8) is 0 Å². The molecule has 1 aromatic rings. The van der Waals surface area contributed by atoms with Crippen LogP contribution in [-0.2, 0) is 6.54 Å². The van der Waals surface area contributed by atoms with Gasteiger partial charge in [-0.1, -0.05) is 23.8 Å². The summed E-state index contributed by atoms with van der Waals surface area (Å²) >= 11 is 0. The molecule has 0 aromatic heterocycles. The molecule has 1 rings (SSSR count). The number of hydrogen-bond donors (Lipinski definition) is 2. The van der Waals surface area contributed by atoms with E-state index in [0.717, 1.165) is 13.1 Å². The Morgan fingerprint density at radius 3 is 2.44 bits per heavy atom. The van der Waals surface area contributed by atoms with Gasteiger partial charge in [0.05, 0.1) is 0 Å². The van der Waals surface area contributed by atoms with Crippen LogP contribution in [0.1, 0.15) is 44.4 Å². The first-order chi connectivity index (χ1) is 8.28. The second-order valence-electron chi connectivity index (χ2n) is 6.34. The van der Waals surface area contributed by atoms with E-state index in [4.69, 9.17) is 0 Å². The molecule has 0 radical (unpaired) electrons. The zero-order valence-corrected chi connectivity index (χ0v) is 12.7. The van der Waals surface area contributed by atoms with Crippen molar-refractivity contribution in [3.8, 4) is 0 Å². The van der Waals surface area contributed by atoms with Crippen molar-refractivity contribution in [3.05, 3.63) is 34.9 Å². The van der Waals surface area contributed by atoms with Gasteiger partial charge in [-0.2, -0.15) is 0 Å². The summed E-state index contributed by atoms with van der Waals surface area (Å²) in [6.45, 7) is 15.1. The molecule has 0 bridgehead atoms. The van der Waals surface area contributed by atoms with Crippen LogP contribution in [0.25, 0.3) is 0 Å². The van der Waals surface area contributed by atoms with Gasteiger partial charge in [0.15, 0.2) is 0 Å². The smallest absolute Gasteiger partial charge is 0.0211 e. The van der Waals surface area contributed by atoms with Crippen molar-refractivity contribution in [1.29, 1.82) is 0 Å². The first kappa shape index (κ1) is 15.2. The van der Waals surface area contributed by atoms with Crippen LogP contribution in [0, 0.1) is 13.8 Å². The molecule has 0 aliphatic carbocycles. The quantitative estimate of drug-likeness (QED) is 0.836. The van der Waals surface area contributed by atoms with Crippen LogP contribution in [0.3, 0.4) is 0 Å². The molecule has 0 saturated carbocycles. The van der Waals surface area contributed by atoms with Gasteiger partial charge in [0.25, 0.3) is 0 Å². The van der Waals surface area contributed by atoms with Crippen molar-refractivity contribution >= 4 is 0 Å². The third kappa shape index (κ3) is 5.65. The average Bonchev–Trinajstić information content (AvgIpc) is 2.26. The Bertz CT molecular complexity index is 377. The number of aryl methyl sites for hydroxylation is 2. The van der Waals surface area contributed by atoms with Crippen LogP contribution in [0.15, 0.2) is 18.2 Å². The molecule has 1 atom stereocenters. The van der Waals surface area contributed by atoms with Gasteiger partial charge in [-0.05, 0) is 52.7 Å². The van der Waals surface area contributed by atoms with E-state index in [1.54, 1.807) is 0 Å². The Morgan fingerprint density at radius 1 is 1.17 bits per heavy atom. The second kappa shape index (κ2) is 6.35. The van der Waals surface area contributed by atoms with E-state index in [9.17, 15) is 0 Å². The van der Waals surface area contributed by atoms with E-state index in [1.807, 2.05) is 0 Å². The third-order valence-electron chi connectivity index (χ3n) is 3.08. The van der Waals surface area contributed by atoms with Crippen LogP contribution in [0.2, 0.25) is 0 Å². The molecule has 18 heavy (non-hydrogen) atoms. The van der Waals surface area contributed by atoms with Gasteiger partial charge < -0.3 is 10.6 Å². The average molecular weight is 248 g/mol. The molecule has 2 N–H and O–H groups in total. The fourth-order valence-electron chi connectivity index (χ4n) is 1.81. The van der Waals surface area contributed by atoms with Crippen LogP contribution in [0.5, 0.6) is 0 Å². The van der Waals surface area contributed by atoms with Gasteiger partial charge in [0.1, 0.15) is 0 Å². The maximum absolute atomic E-state index is 3.58. The van der Waals surface area contributed by atoms with E-state index in [2.05, 4.69) is 70.4 Å². The van der Waals surface area contributed by atoms with Gasteiger partial charge in [-0.3, -0.25) is 0 Å². The minimum absolute atomic E-state index is 0.190. The Morgan fingerprint density at radius 2 is 1.83 bits per heavy atom. The monoisotopic (exact) mass is 248 g/mol. The van der Waals surface area contributed by atoms with Crippen molar-refractivity contribution < 1.29 is 0 Å². The minimum atomic E-state index is 0.190. The molecule has 0 spiro atoms. The highest BCUT2D eigenvalue weighted by Gasteiger charge is 2.10. The van der Waals surface area contributed by atoms with E-state index in [0.29, 0.717) is 6.04 Å². The Labute approximate surface area is 112 Å². The summed E-state index contributed by atoms with van der Waals surface area (Å²) in [5, 5.41) is 7.10. The van der Waals surface area contributed by atoms with E-state index in [1.165, 1.54) is 16.7 Å². The normalized spacial score (nSPS) is 13.7. The zero-order valence-electron chi connectivity index (χ0n) is 12.7. The van der Waals surface area contributed by atoms with Crippen LogP contribution in [-0.4, -0.2) is 18.1 Å². The van der Waals surface area contributed by atoms with Crippen LogP contribution >= 0.6 is 0 Å². The molecule has 1 unspecified atom stereocenters. The summed E-state index contributed by atoms with van der Waals surface area (Å²) < 4.78 is 0. The van der Waals surface area contributed by atoms with Crippen molar-refractivity contribution in [2.45, 2.75) is 59.7 Å². The summed E-state index contributed by atoms with van der Waals surface area (Å²) in [6, 6.07) is 7.12. The minimum Gasteiger partial charge on any atom is -0.311 e. The Balaban J connectivity index is 2.42. The van der Waals surface area contributed by atoms with E-state index >= 15 is 0 Å². The Kier molecular flexibility index (Phi) is 5.36. The largest absolute Gasteiger partial charge is 0.311 e. The van der Waals surface area contributed by atoms with E-state index in [-0.39, 0.29) is 5.54 Å². The molecular weight excluding hydrogens is 220 g/mol. The van der Waals surface area contributed by atoms with Gasteiger partial charge in [0, 0.05) is 24.7 Å². The third-order valence-corrected chi connectivity index (χ3v) is 3.08. The number of nitrogens with one attached hydrogen (secondary N) is 2. The first-order valence-electron chi connectivity index (χ1n) is 6.82. The standard InChI is InChI=1S/C16H28N2/c1-12-7-8-13(2)15(9-12)11-17-14(3)10-18-16(4,5)6/h7-9,14,17-18H,10-11H2,1-6H3. The lowest BCUT2D eigenvalue weighted by molar-refractivity contribution is 0.387. The predicted octanol–water partition coefficient (Wildman–Crippen LogP) is 3.17. The molecule has 0 aliphatic rings. The molecule has 0 heterocycles. The van der Waals surface area contributed by atoms with Gasteiger partial charge in [-0.25, -0.2) is 0 Å². The lowest BCUT2D eigenvalue weighted by Crippen LogP contribution is -2.44. The molecule has 0 saturated heterocycles. The highest BCUT2D eigenvalue weighted by molar-refractivity contribution is 5.30. The van der Waals surface area contributed by atoms with Gasteiger partial charge in [0.2, 0.25) is 0 Å². The van der Waals surface area contributed by atoms with Gasteiger partial charge >= 0.3 is 0 Å². The van der Waals surface area contributed by atoms with Crippen molar-refractivity contribution in [2.75, 3.05) is 6.54 Å². The topological polar surface area (TPSA) is 24.1 Å². The fraction of sp³-hybridized carbons (Fsp3) is 0.625. The van der Waals surface area contributed by atoms with Gasteiger partial charge in [-0.15, -0.1) is 0 Å². The molecule has 1 aromatic carbocycles. The molecule has 0 amide bonds. The number of hydrogen-bond acceptors (Lipinski definition) is 2. The molecule has 0 aliphatic heterocycles. The highest BCUT2D eigenvalue weighted by Crippen LogP contribution is 2.10. The molecular formula is C16H28N2. The maximum Gasteiger partial charge on any atom is 0.0211 e. The first-order valence-corrected chi connectivity index (χ1v) is 6.82. The highest BCUT2D eigenvalue weighted by atomic mass is 15.0. The lowest BCUT2D eigenvalue weighted by atomic mass is 10.1.